The fourth-order valence-electron chi connectivity index (χ4n) is 3.30. The van der Waals surface area contributed by atoms with Crippen LogP contribution >= 0.6 is 11.8 Å². The molecule has 0 spiro atoms. The normalized spacial score (nSPS) is 16.5. The minimum absolute atomic E-state index is 0.230. The van der Waals surface area contributed by atoms with Crippen molar-refractivity contribution in [2.45, 2.75) is 44.5 Å². The summed E-state index contributed by atoms with van der Waals surface area (Å²) in [7, 11) is 1.65. The van der Waals surface area contributed by atoms with Crippen molar-refractivity contribution in [2.75, 3.05) is 26.0 Å². The Balaban J connectivity index is 1.64. The third-order valence-corrected chi connectivity index (χ3v) is 5.96. The molecule has 1 unspecified atom stereocenters. The quantitative estimate of drug-likeness (QED) is 0.476. The zero-order valence-corrected chi connectivity index (χ0v) is 18.9. The van der Waals surface area contributed by atoms with Crippen LogP contribution in [0.5, 0.6) is 5.75 Å². The van der Waals surface area contributed by atoms with Crippen molar-refractivity contribution in [2.24, 2.45) is 5.92 Å². The van der Waals surface area contributed by atoms with E-state index in [0.717, 1.165) is 41.0 Å². The fourth-order valence-corrected chi connectivity index (χ4v) is 4.37. The number of nitrogens with zero attached hydrogens (tertiary/aromatic N) is 4. The summed E-state index contributed by atoms with van der Waals surface area (Å²) in [5.41, 5.74) is 0.511. The number of carbonyl (C=O) groups excluding carboxylic acids is 1. The van der Waals surface area contributed by atoms with E-state index in [2.05, 4.69) is 21.3 Å². The first kappa shape index (κ1) is 22.2. The highest BCUT2D eigenvalue weighted by Crippen LogP contribution is 2.29. The van der Waals surface area contributed by atoms with Crippen LogP contribution in [0.3, 0.4) is 0 Å². The van der Waals surface area contributed by atoms with Gasteiger partial charge in [-0.2, -0.15) is 0 Å². The molecule has 0 aliphatic carbocycles. The first-order valence-corrected chi connectivity index (χ1v) is 11.1. The van der Waals surface area contributed by atoms with Crippen LogP contribution in [0.1, 0.15) is 27.2 Å². The van der Waals surface area contributed by atoms with Crippen LogP contribution in [0, 0.1) is 5.92 Å². The minimum Gasteiger partial charge on any atom is -0.497 e. The van der Waals surface area contributed by atoms with Gasteiger partial charge in [0.25, 0.3) is 0 Å². The van der Waals surface area contributed by atoms with Crippen LogP contribution in [0.4, 0.5) is 4.79 Å². The van der Waals surface area contributed by atoms with Gasteiger partial charge in [-0.25, -0.2) is 4.79 Å². The maximum atomic E-state index is 12.3. The number of likely N-dealkylation sites (tertiary alicyclic amines) is 1. The topological polar surface area (TPSA) is 69.5 Å². The number of hydrogen-bond donors (Lipinski definition) is 0. The maximum absolute atomic E-state index is 12.3. The Morgan fingerprint density at radius 3 is 2.67 bits per heavy atom. The predicted octanol–water partition coefficient (Wildman–Crippen LogP) is 4.49. The fraction of sp³-hybridized carbons (Fsp3) is 0.500. The third-order valence-electron chi connectivity index (χ3n) is 4.76. The number of ether oxygens (including phenoxy) is 2. The largest absolute Gasteiger partial charge is 0.497 e. The van der Waals surface area contributed by atoms with Gasteiger partial charge < -0.3 is 14.4 Å². The first-order chi connectivity index (χ1) is 14.3. The molecule has 1 saturated heterocycles. The molecule has 1 amide bonds. The van der Waals surface area contributed by atoms with E-state index in [4.69, 9.17) is 9.47 Å². The Hall–Kier alpha value is -2.48. The molecular weight excluding hydrogens is 400 g/mol. The lowest BCUT2D eigenvalue weighted by Crippen LogP contribution is -2.35. The number of rotatable bonds is 7. The Morgan fingerprint density at radius 1 is 1.30 bits per heavy atom. The van der Waals surface area contributed by atoms with E-state index in [1.54, 1.807) is 23.8 Å². The standard InChI is InChI=1S/C22H30N4O3S/c1-6-12-26-19(17-7-9-18(28-5)10-8-17)23-24-20(26)30-15-16-11-13-25(14-16)21(27)29-22(2,3)4/h6-10,16H,1,11-15H2,2-5H3. The first-order valence-electron chi connectivity index (χ1n) is 10.1. The summed E-state index contributed by atoms with van der Waals surface area (Å²) in [6, 6.07) is 7.79. The Morgan fingerprint density at radius 2 is 2.03 bits per heavy atom. The number of benzene rings is 1. The van der Waals surface area contributed by atoms with E-state index >= 15 is 0 Å². The lowest BCUT2D eigenvalue weighted by atomic mass is 10.2. The van der Waals surface area contributed by atoms with E-state index in [0.29, 0.717) is 19.0 Å². The number of thioether (sulfide) groups is 1. The van der Waals surface area contributed by atoms with Crippen LogP contribution in [0.15, 0.2) is 42.1 Å². The predicted molar refractivity (Wildman–Crippen MR) is 119 cm³/mol. The smallest absolute Gasteiger partial charge is 0.410 e. The van der Waals surface area contributed by atoms with Gasteiger partial charge in [-0.05, 0) is 57.4 Å². The van der Waals surface area contributed by atoms with Crippen molar-refractivity contribution in [1.29, 1.82) is 0 Å². The van der Waals surface area contributed by atoms with E-state index < -0.39 is 5.60 Å². The zero-order valence-electron chi connectivity index (χ0n) is 18.1. The molecule has 1 aromatic carbocycles. The van der Waals surface area contributed by atoms with Gasteiger partial charge in [-0.15, -0.1) is 16.8 Å². The summed E-state index contributed by atoms with van der Waals surface area (Å²) >= 11 is 1.67. The molecule has 0 bridgehead atoms. The van der Waals surface area contributed by atoms with Gasteiger partial charge in [0.2, 0.25) is 0 Å². The molecule has 0 N–H and O–H groups in total. The molecule has 3 rings (SSSR count). The van der Waals surface area contributed by atoms with E-state index in [-0.39, 0.29) is 6.09 Å². The number of aromatic nitrogens is 3. The van der Waals surface area contributed by atoms with Crippen LogP contribution in [0.25, 0.3) is 11.4 Å². The number of allylic oxidation sites excluding steroid dienone is 1. The van der Waals surface area contributed by atoms with Crippen molar-refractivity contribution in [3.63, 3.8) is 0 Å². The molecule has 0 saturated carbocycles. The minimum atomic E-state index is -0.469. The molecule has 8 heteroatoms. The van der Waals surface area contributed by atoms with E-state index in [1.807, 2.05) is 51.1 Å². The molecule has 7 nitrogen and oxygen atoms in total. The Labute approximate surface area is 182 Å². The highest BCUT2D eigenvalue weighted by Gasteiger charge is 2.30. The Bertz CT molecular complexity index is 873. The van der Waals surface area contributed by atoms with Crippen LogP contribution in [0.2, 0.25) is 0 Å². The number of carbonyl (C=O) groups is 1. The van der Waals surface area contributed by atoms with Gasteiger partial charge in [0.15, 0.2) is 11.0 Å². The number of methoxy groups -OCH3 is 1. The highest BCUT2D eigenvalue weighted by atomic mass is 32.2. The molecule has 1 atom stereocenters. The molecule has 1 aliphatic heterocycles. The van der Waals surface area contributed by atoms with Gasteiger partial charge in [-0.3, -0.25) is 4.57 Å². The average Bonchev–Trinajstić information content (AvgIpc) is 3.33. The molecule has 30 heavy (non-hydrogen) atoms. The highest BCUT2D eigenvalue weighted by molar-refractivity contribution is 7.99. The Kier molecular flexibility index (Phi) is 7.07. The monoisotopic (exact) mass is 430 g/mol. The second-order valence-electron chi connectivity index (χ2n) is 8.33. The summed E-state index contributed by atoms with van der Waals surface area (Å²) in [5.74, 6) is 2.89. The van der Waals surface area contributed by atoms with Gasteiger partial charge in [0.05, 0.1) is 7.11 Å². The molecule has 162 valence electrons. The summed E-state index contributed by atoms with van der Waals surface area (Å²) in [4.78, 5) is 14.1. The second-order valence-corrected chi connectivity index (χ2v) is 9.31. The molecule has 0 radical (unpaired) electrons. The van der Waals surface area contributed by atoms with Crippen molar-refractivity contribution >= 4 is 17.9 Å². The van der Waals surface area contributed by atoms with Crippen LogP contribution < -0.4 is 4.74 Å². The number of hydrogen-bond acceptors (Lipinski definition) is 6. The van der Waals surface area contributed by atoms with Crippen LogP contribution in [-0.4, -0.2) is 57.3 Å². The van der Waals surface area contributed by atoms with Crippen molar-refractivity contribution in [1.82, 2.24) is 19.7 Å². The lowest BCUT2D eigenvalue weighted by molar-refractivity contribution is 0.0289. The maximum Gasteiger partial charge on any atom is 0.410 e. The summed E-state index contributed by atoms with van der Waals surface area (Å²) in [6.07, 6.45) is 2.58. The molecular formula is C22H30N4O3S. The number of amides is 1. The lowest BCUT2D eigenvalue weighted by Gasteiger charge is -2.24. The zero-order chi connectivity index (χ0) is 21.7. The molecule has 1 fully saturated rings. The summed E-state index contributed by atoms with van der Waals surface area (Å²) in [6.45, 7) is 11.6. The molecule has 2 aromatic rings. The van der Waals surface area contributed by atoms with Gasteiger partial charge in [-0.1, -0.05) is 17.8 Å². The van der Waals surface area contributed by atoms with Gasteiger partial charge in [0, 0.05) is 31.0 Å². The summed E-state index contributed by atoms with van der Waals surface area (Å²) in [5, 5.41) is 9.67. The van der Waals surface area contributed by atoms with E-state index in [9.17, 15) is 4.79 Å². The molecule has 1 aliphatic rings. The van der Waals surface area contributed by atoms with Crippen molar-refractivity contribution in [3.8, 4) is 17.1 Å². The average molecular weight is 431 g/mol. The molecule has 2 heterocycles. The van der Waals surface area contributed by atoms with E-state index in [1.165, 1.54) is 0 Å². The van der Waals surface area contributed by atoms with Gasteiger partial charge in [0.1, 0.15) is 11.4 Å². The summed E-state index contributed by atoms with van der Waals surface area (Å²) < 4.78 is 12.8. The third kappa shape index (κ3) is 5.56. The van der Waals surface area contributed by atoms with Crippen LogP contribution in [-0.2, 0) is 11.3 Å². The second kappa shape index (κ2) is 9.55. The van der Waals surface area contributed by atoms with Crippen molar-refractivity contribution < 1.29 is 14.3 Å². The van der Waals surface area contributed by atoms with Gasteiger partial charge >= 0.3 is 6.09 Å². The molecule has 1 aromatic heterocycles. The SMILES string of the molecule is C=CCn1c(SCC2CCN(C(=O)OC(C)(C)C)C2)nnc1-c1ccc(OC)cc1. The van der Waals surface area contributed by atoms with Crippen molar-refractivity contribution in [3.05, 3.63) is 36.9 Å².